The molecule has 1 aromatic rings. The van der Waals surface area contributed by atoms with Crippen LogP contribution in [0.3, 0.4) is 0 Å². The number of ketones is 1. The van der Waals surface area contributed by atoms with Crippen molar-refractivity contribution in [2.45, 2.75) is 27.2 Å². The molecular formula is C14H20O5. The van der Waals surface area contributed by atoms with Crippen LogP contribution >= 0.6 is 0 Å². The van der Waals surface area contributed by atoms with E-state index in [2.05, 4.69) is 13.8 Å². The highest BCUT2D eigenvalue weighted by atomic mass is 16.6. The molecule has 0 saturated carbocycles. The van der Waals surface area contributed by atoms with Crippen molar-refractivity contribution in [1.29, 1.82) is 0 Å². The van der Waals surface area contributed by atoms with Crippen LogP contribution in [0, 0.1) is 5.92 Å². The third-order valence-electron chi connectivity index (χ3n) is 2.45. The fourth-order valence-electron chi connectivity index (χ4n) is 1.32. The van der Waals surface area contributed by atoms with Gasteiger partial charge in [0.05, 0.1) is 6.61 Å². The highest BCUT2D eigenvalue weighted by Crippen LogP contribution is 2.09. The molecule has 19 heavy (non-hydrogen) atoms. The zero-order chi connectivity index (χ0) is 14.3. The van der Waals surface area contributed by atoms with Gasteiger partial charge in [-0.1, -0.05) is 13.8 Å². The first-order chi connectivity index (χ1) is 9.00. The lowest BCUT2D eigenvalue weighted by Crippen LogP contribution is -2.11. The Morgan fingerprint density at radius 3 is 2.42 bits per heavy atom. The minimum atomic E-state index is -0.583. The Kier molecular flexibility index (Phi) is 6.29. The van der Waals surface area contributed by atoms with Gasteiger partial charge in [-0.2, -0.15) is 0 Å². The first-order valence-corrected chi connectivity index (χ1v) is 6.36. The van der Waals surface area contributed by atoms with Crippen LogP contribution in [0.25, 0.3) is 0 Å². The molecule has 0 N–H and O–H groups in total. The molecule has 0 aromatic carbocycles. The number of ether oxygens (including phenoxy) is 2. The molecule has 0 unspecified atom stereocenters. The summed E-state index contributed by atoms with van der Waals surface area (Å²) in [5.41, 5.74) is 0. The van der Waals surface area contributed by atoms with Crippen LogP contribution < -0.4 is 0 Å². The summed E-state index contributed by atoms with van der Waals surface area (Å²) >= 11 is 0. The number of esters is 1. The van der Waals surface area contributed by atoms with Crippen molar-refractivity contribution in [3.63, 3.8) is 0 Å². The molecule has 0 aliphatic carbocycles. The number of carbonyl (C=O) groups is 2. The van der Waals surface area contributed by atoms with Crippen LogP contribution in [-0.2, 0) is 9.47 Å². The minimum Gasteiger partial charge on any atom is -0.457 e. The molecule has 5 heteroatoms. The van der Waals surface area contributed by atoms with Crippen LogP contribution in [-0.4, -0.2) is 31.6 Å². The number of hydrogen-bond acceptors (Lipinski definition) is 5. The standard InChI is InChI=1S/C14H20O5/c1-10(2)6-7-17-8-9-18-14(16)13-5-4-12(19-13)11(3)15/h4-5,10H,6-9H2,1-3H3. The second-order valence-electron chi connectivity index (χ2n) is 4.65. The van der Waals surface area contributed by atoms with Gasteiger partial charge in [0, 0.05) is 13.5 Å². The van der Waals surface area contributed by atoms with Crippen molar-refractivity contribution in [3.05, 3.63) is 23.7 Å². The van der Waals surface area contributed by atoms with E-state index in [1.165, 1.54) is 19.1 Å². The molecule has 1 rings (SSSR count). The summed E-state index contributed by atoms with van der Waals surface area (Å²) in [5, 5.41) is 0. The van der Waals surface area contributed by atoms with E-state index in [1.54, 1.807) is 0 Å². The Balaban J connectivity index is 2.22. The second kappa shape index (κ2) is 7.74. The molecule has 0 radical (unpaired) electrons. The molecule has 5 nitrogen and oxygen atoms in total. The quantitative estimate of drug-likeness (QED) is 0.412. The van der Waals surface area contributed by atoms with Crippen LogP contribution in [0.2, 0.25) is 0 Å². The molecule has 0 aliphatic rings. The fourth-order valence-corrected chi connectivity index (χ4v) is 1.32. The molecule has 0 fully saturated rings. The lowest BCUT2D eigenvalue weighted by atomic mass is 10.1. The third-order valence-corrected chi connectivity index (χ3v) is 2.45. The van der Waals surface area contributed by atoms with Crippen LogP contribution in [0.4, 0.5) is 0 Å². The number of rotatable bonds is 8. The maximum atomic E-state index is 11.5. The van der Waals surface area contributed by atoms with Gasteiger partial charge in [-0.05, 0) is 24.5 Å². The molecule has 0 aliphatic heterocycles. The van der Waals surface area contributed by atoms with Gasteiger partial charge in [0.15, 0.2) is 11.5 Å². The summed E-state index contributed by atoms with van der Waals surface area (Å²) in [6.45, 7) is 6.80. The van der Waals surface area contributed by atoms with E-state index in [4.69, 9.17) is 13.9 Å². The monoisotopic (exact) mass is 268 g/mol. The van der Waals surface area contributed by atoms with E-state index >= 15 is 0 Å². The molecule has 0 spiro atoms. The molecule has 0 atom stereocenters. The topological polar surface area (TPSA) is 65.7 Å². The van der Waals surface area contributed by atoms with Gasteiger partial charge in [0.2, 0.25) is 5.76 Å². The molecule has 0 bridgehead atoms. The first-order valence-electron chi connectivity index (χ1n) is 6.36. The average molecular weight is 268 g/mol. The van der Waals surface area contributed by atoms with Gasteiger partial charge in [0.1, 0.15) is 6.61 Å². The van der Waals surface area contributed by atoms with E-state index in [1.807, 2.05) is 0 Å². The Labute approximate surface area is 112 Å². The second-order valence-corrected chi connectivity index (χ2v) is 4.65. The van der Waals surface area contributed by atoms with Gasteiger partial charge >= 0.3 is 5.97 Å². The number of hydrogen-bond donors (Lipinski definition) is 0. The van der Waals surface area contributed by atoms with Crippen LogP contribution in [0.1, 0.15) is 48.3 Å². The highest BCUT2D eigenvalue weighted by molar-refractivity contribution is 5.93. The zero-order valence-corrected chi connectivity index (χ0v) is 11.6. The van der Waals surface area contributed by atoms with Crippen molar-refractivity contribution >= 4 is 11.8 Å². The van der Waals surface area contributed by atoms with E-state index in [9.17, 15) is 9.59 Å². The van der Waals surface area contributed by atoms with Gasteiger partial charge < -0.3 is 13.9 Å². The Hall–Kier alpha value is -1.62. The fraction of sp³-hybridized carbons (Fsp3) is 0.571. The summed E-state index contributed by atoms with van der Waals surface area (Å²) in [7, 11) is 0. The maximum Gasteiger partial charge on any atom is 0.374 e. The third kappa shape index (κ3) is 5.70. The zero-order valence-electron chi connectivity index (χ0n) is 11.6. The predicted molar refractivity (Wildman–Crippen MR) is 69.3 cm³/mol. The largest absolute Gasteiger partial charge is 0.457 e. The Bertz CT molecular complexity index is 419. The van der Waals surface area contributed by atoms with E-state index in [-0.39, 0.29) is 23.9 Å². The lowest BCUT2D eigenvalue weighted by Gasteiger charge is -2.06. The predicted octanol–water partition coefficient (Wildman–Crippen LogP) is 2.70. The summed E-state index contributed by atoms with van der Waals surface area (Å²) in [5.74, 6) is -0.0285. The molecule has 0 amide bonds. The molecule has 106 valence electrons. The van der Waals surface area contributed by atoms with Gasteiger partial charge in [-0.3, -0.25) is 4.79 Å². The SMILES string of the molecule is CC(=O)c1ccc(C(=O)OCCOCCC(C)C)o1. The molecule has 0 saturated heterocycles. The summed E-state index contributed by atoms with van der Waals surface area (Å²) in [6.07, 6.45) is 0.980. The van der Waals surface area contributed by atoms with Crippen molar-refractivity contribution in [2.24, 2.45) is 5.92 Å². The van der Waals surface area contributed by atoms with Crippen molar-refractivity contribution in [1.82, 2.24) is 0 Å². The van der Waals surface area contributed by atoms with E-state index in [0.717, 1.165) is 6.42 Å². The number of Topliss-reactive ketones (excluding diaryl/α,β-unsaturated/α-hetero) is 1. The van der Waals surface area contributed by atoms with E-state index < -0.39 is 5.97 Å². The van der Waals surface area contributed by atoms with Crippen molar-refractivity contribution in [2.75, 3.05) is 19.8 Å². The summed E-state index contributed by atoms with van der Waals surface area (Å²) in [6, 6.07) is 2.89. The number of carbonyl (C=O) groups excluding carboxylic acids is 2. The highest BCUT2D eigenvalue weighted by Gasteiger charge is 2.14. The molecule has 1 aromatic heterocycles. The lowest BCUT2D eigenvalue weighted by molar-refractivity contribution is 0.0273. The molecule has 1 heterocycles. The first kappa shape index (κ1) is 15.4. The average Bonchev–Trinajstić information content (AvgIpc) is 2.82. The van der Waals surface area contributed by atoms with Crippen LogP contribution in [0.15, 0.2) is 16.5 Å². The summed E-state index contributed by atoms with van der Waals surface area (Å²) in [4.78, 5) is 22.5. The Morgan fingerprint density at radius 2 is 1.84 bits per heavy atom. The normalized spacial score (nSPS) is 10.7. The molecular weight excluding hydrogens is 248 g/mol. The van der Waals surface area contributed by atoms with Gasteiger partial charge in [-0.25, -0.2) is 4.79 Å². The van der Waals surface area contributed by atoms with Gasteiger partial charge in [0.25, 0.3) is 0 Å². The summed E-state index contributed by atoms with van der Waals surface area (Å²) < 4.78 is 15.3. The maximum absolute atomic E-state index is 11.5. The van der Waals surface area contributed by atoms with Crippen molar-refractivity contribution in [3.8, 4) is 0 Å². The van der Waals surface area contributed by atoms with E-state index in [0.29, 0.717) is 19.1 Å². The number of furan rings is 1. The minimum absolute atomic E-state index is 0.0346. The smallest absolute Gasteiger partial charge is 0.374 e. The van der Waals surface area contributed by atoms with Crippen LogP contribution in [0.5, 0.6) is 0 Å². The Morgan fingerprint density at radius 1 is 1.16 bits per heavy atom. The van der Waals surface area contributed by atoms with Gasteiger partial charge in [-0.15, -0.1) is 0 Å². The van der Waals surface area contributed by atoms with Crippen molar-refractivity contribution < 1.29 is 23.5 Å².